The number of sulfonamides is 1. The smallest absolute Gasteiger partial charge is 0.325 e. The van der Waals surface area contributed by atoms with Crippen LogP contribution >= 0.6 is 0 Å². The summed E-state index contributed by atoms with van der Waals surface area (Å²) in [5.74, 6) is -1.18. The molecule has 1 atom stereocenters. The van der Waals surface area contributed by atoms with Gasteiger partial charge in [-0.15, -0.1) is 0 Å². The molecule has 0 saturated carbocycles. The summed E-state index contributed by atoms with van der Waals surface area (Å²) in [6.07, 6.45) is 2.81. The quantitative estimate of drug-likeness (QED) is 0.690. The fourth-order valence-electron chi connectivity index (χ4n) is 3.44. The molecule has 1 fully saturated rings. The first-order valence-electron chi connectivity index (χ1n) is 8.47. The van der Waals surface area contributed by atoms with Crippen LogP contribution in [0.5, 0.6) is 0 Å². The number of carbonyl (C=O) groups is 2. The van der Waals surface area contributed by atoms with Gasteiger partial charge in [0.1, 0.15) is 6.04 Å². The molecular formula is C17H22N4O5S. The standard InChI is InChI=1S/C17H22N4O5S/c1-11(22)19-12-3-4-13-14(10-18-15(13)9-12)16(17(23)24)20-5-7-21(8-6-20)27(2,25)26/h3-4,9-10,16,18H,5-8H2,1-2H3,(H,19,22)(H,23,24). The summed E-state index contributed by atoms with van der Waals surface area (Å²) >= 11 is 0. The molecule has 0 radical (unpaired) electrons. The van der Waals surface area contributed by atoms with Gasteiger partial charge in [0.2, 0.25) is 15.9 Å². The molecule has 1 aromatic carbocycles. The van der Waals surface area contributed by atoms with Crippen molar-refractivity contribution >= 4 is 38.5 Å². The van der Waals surface area contributed by atoms with Gasteiger partial charge in [-0.05, 0) is 12.1 Å². The largest absolute Gasteiger partial charge is 0.480 e. The number of nitrogens with one attached hydrogen (secondary N) is 2. The number of hydrogen-bond donors (Lipinski definition) is 3. The normalized spacial score (nSPS) is 17.7. The van der Waals surface area contributed by atoms with E-state index in [0.29, 0.717) is 24.3 Å². The molecule has 0 bridgehead atoms. The molecule has 1 aliphatic rings. The Morgan fingerprint density at radius 2 is 1.89 bits per heavy atom. The monoisotopic (exact) mass is 394 g/mol. The highest BCUT2D eigenvalue weighted by Crippen LogP contribution is 2.31. The summed E-state index contributed by atoms with van der Waals surface area (Å²) in [5, 5.41) is 13.3. The van der Waals surface area contributed by atoms with E-state index in [1.165, 1.54) is 11.2 Å². The van der Waals surface area contributed by atoms with Gasteiger partial charge in [-0.3, -0.25) is 14.5 Å². The SMILES string of the molecule is CC(=O)Nc1ccc2c(C(C(=O)O)N3CCN(S(C)(=O)=O)CC3)c[nH]c2c1. The molecule has 3 N–H and O–H groups in total. The molecule has 1 unspecified atom stereocenters. The van der Waals surface area contributed by atoms with Crippen molar-refractivity contribution in [2.75, 3.05) is 37.8 Å². The number of aromatic amines is 1. The van der Waals surface area contributed by atoms with Gasteiger partial charge >= 0.3 is 5.97 Å². The molecule has 0 spiro atoms. The van der Waals surface area contributed by atoms with E-state index in [1.807, 2.05) is 0 Å². The third-order valence-corrected chi connectivity index (χ3v) is 5.97. The van der Waals surface area contributed by atoms with Crippen LogP contribution in [-0.2, 0) is 19.6 Å². The molecule has 146 valence electrons. The molecule has 1 saturated heterocycles. The van der Waals surface area contributed by atoms with Crippen molar-refractivity contribution in [2.24, 2.45) is 0 Å². The first-order valence-corrected chi connectivity index (χ1v) is 10.3. The number of aliphatic carboxylic acids is 1. The van der Waals surface area contributed by atoms with E-state index < -0.39 is 22.0 Å². The number of anilines is 1. The highest BCUT2D eigenvalue weighted by molar-refractivity contribution is 7.88. The molecule has 2 aromatic rings. The zero-order valence-electron chi connectivity index (χ0n) is 15.1. The molecule has 3 rings (SSSR count). The van der Waals surface area contributed by atoms with Crippen molar-refractivity contribution in [1.29, 1.82) is 0 Å². The van der Waals surface area contributed by atoms with Crippen LogP contribution < -0.4 is 5.32 Å². The summed E-state index contributed by atoms with van der Waals surface area (Å²) in [6, 6.07) is 4.37. The average molecular weight is 394 g/mol. The second-order valence-corrected chi connectivity index (χ2v) is 8.61. The number of carbonyl (C=O) groups excluding carboxylic acids is 1. The molecule has 0 aliphatic carbocycles. The van der Waals surface area contributed by atoms with E-state index in [4.69, 9.17) is 0 Å². The number of rotatable bonds is 5. The third-order valence-electron chi connectivity index (χ3n) is 4.67. The Labute approximate surface area is 157 Å². The predicted octanol–water partition coefficient (Wildman–Crippen LogP) is 0.829. The maximum atomic E-state index is 12.0. The number of aromatic nitrogens is 1. The van der Waals surface area contributed by atoms with E-state index in [0.717, 1.165) is 17.2 Å². The maximum absolute atomic E-state index is 12.0. The molecule has 9 nitrogen and oxygen atoms in total. The van der Waals surface area contributed by atoms with E-state index in [1.54, 1.807) is 29.3 Å². The Hall–Kier alpha value is -2.43. The summed E-state index contributed by atoms with van der Waals surface area (Å²) in [5.41, 5.74) is 1.95. The van der Waals surface area contributed by atoms with Crippen molar-refractivity contribution in [3.63, 3.8) is 0 Å². The zero-order valence-corrected chi connectivity index (χ0v) is 15.9. The average Bonchev–Trinajstić information content (AvgIpc) is 2.97. The highest BCUT2D eigenvalue weighted by Gasteiger charge is 2.33. The van der Waals surface area contributed by atoms with Gasteiger partial charge in [0.05, 0.1) is 6.26 Å². The van der Waals surface area contributed by atoms with E-state index >= 15 is 0 Å². The molecule has 2 heterocycles. The lowest BCUT2D eigenvalue weighted by atomic mass is 10.0. The number of nitrogens with zero attached hydrogens (tertiary/aromatic N) is 2. The van der Waals surface area contributed by atoms with Crippen LogP contribution in [0.2, 0.25) is 0 Å². The van der Waals surface area contributed by atoms with Crippen LogP contribution in [0, 0.1) is 0 Å². The number of amides is 1. The fourth-order valence-corrected chi connectivity index (χ4v) is 4.26. The molecule has 1 aliphatic heterocycles. The minimum atomic E-state index is -3.28. The van der Waals surface area contributed by atoms with E-state index in [-0.39, 0.29) is 19.0 Å². The Morgan fingerprint density at radius 3 is 2.44 bits per heavy atom. The lowest BCUT2D eigenvalue weighted by molar-refractivity contribution is -0.144. The van der Waals surface area contributed by atoms with Gasteiger partial charge in [0.15, 0.2) is 0 Å². The second kappa shape index (κ2) is 7.29. The number of piperazine rings is 1. The van der Waals surface area contributed by atoms with Gasteiger partial charge in [-0.1, -0.05) is 6.07 Å². The first-order chi connectivity index (χ1) is 12.7. The van der Waals surface area contributed by atoms with Crippen molar-refractivity contribution in [3.8, 4) is 0 Å². The number of H-pyrrole nitrogens is 1. The molecule has 10 heteroatoms. The van der Waals surface area contributed by atoms with E-state index in [2.05, 4.69) is 10.3 Å². The van der Waals surface area contributed by atoms with E-state index in [9.17, 15) is 23.1 Å². The molecule has 1 aromatic heterocycles. The molecule has 1 amide bonds. The van der Waals surface area contributed by atoms with Crippen molar-refractivity contribution in [3.05, 3.63) is 30.0 Å². The van der Waals surface area contributed by atoms with Crippen LogP contribution in [0.25, 0.3) is 10.9 Å². The van der Waals surface area contributed by atoms with Crippen LogP contribution in [0.3, 0.4) is 0 Å². The number of fused-ring (bicyclic) bond motifs is 1. The van der Waals surface area contributed by atoms with Gasteiger partial charge in [-0.25, -0.2) is 8.42 Å². The summed E-state index contributed by atoms with van der Waals surface area (Å²) < 4.78 is 24.7. The summed E-state index contributed by atoms with van der Waals surface area (Å²) in [6.45, 7) is 2.61. The number of carboxylic acids is 1. The highest BCUT2D eigenvalue weighted by atomic mass is 32.2. The van der Waals surface area contributed by atoms with Crippen molar-refractivity contribution in [2.45, 2.75) is 13.0 Å². The van der Waals surface area contributed by atoms with Crippen LogP contribution in [0.4, 0.5) is 5.69 Å². The second-order valence-electron chi connectivity index (χ2n) is 6.62. The predicted molar refractivity (Wildman–Crippen MR) is 101 cm³/mol. The van der Waals surface area contributed by atoms with Crippen LogP contribution in [0.15, 0.2) is 24.4 Å². The Bertz CT molecular complexity index is 976. The lowest BCUT2D eigenvalue weighted by Crippen LogP contribution is -2.50. The summed E-state index contributed by atoms with van der Waals surface area (Å²) in [4.78, 5) is 28.0. The van der Waals surface area contributed by atoms with Crippen molar-refractivity contribution < 1.29 is 23.1 Å². The number of carboxylic acid groups (broad SMARTS) is 1. The summed E-state index contributed by atoms with van der Waals surface area (Å²) in [7, 11) is -3.28. The van der Waals surface area contributed by atoms with Crippen molar-refractivity contribution in [1.82, 2.24) is 14.2 Å². The Kier molecular flexibility index (Phi) is 5.22. The van der Waals surface area contributed by atoms with Gasteiger partial charge < -0.3 is 15.4 Å². The number of benzene rings is 1. The maximum Gasteiger partial charge on any atom is 0.325 e. The minimum Gasteiger partial charge on any atom is -0.480 e. The topological polar surface area (TPSA) is 123 Å². The molecule has 27 heavy (non-hydrogen) atoms. The van der Waals surface area contributed by atoms with Gasteiger partial charge in [0, 0.05) is 61.5 Å². The number of hydrogen-bond acceptors (Lipinski definition) is 5. The molecular weight excluding hydrogens is 372 g/mol. The van der Waals surface area contributed by atoms with Gasteiger partial charge in [0.25, 0.3) is 0 Å². The minimum absolute atomic E-state index is 0.187. The third kappa shape index (κ3) is 4.12. The van der Waals surface area contributed by atoms with Crippen LogP contribution in [-0.4, -0.2) is 72.0 Å². The lowest BCUT2D eigenvalue weighted by Gasteiger charge is -2.36. The van der Waals surface area contributed by atoms with Gasteiger partial charge in [-0.2, -0.15) is 4.31 Å². The Balaban J connectivity index is 1.88. The Morgan fingerprint density at radius 1 is 1.22 bits per heavy atom. The zero-order chi connectivity index (χ0) is 19.8. The first kappa shape index (κ1) is 19.3. The van der Waals surface area contributed by atoms with Crippen LogP contribution in [0.1, 0.15) is 18.5 Å². The fraction of sp³-hybridized carbons (Fsp3) is 0.412.